The zero-order chi connectivity index (χ0) is 16.9. The Bertz CT molecular complexity index is 734. The summed E-state index contributed by atoms with van der Waals surface area (Å²) in [7, 11) is -3.08. The number of rotatable bonds is 2. The zero-order valence-corrected chi connectivity index (χ0v) is 12.8. The molecule has 11 heteroatoms. The number of sulfone groups is 1. The van der Waals surface area contributed by atoms with E-state index in [1.165, 1.54) is 0 Å². The zero-order valence-electron chi connectivity index (χ0n) is 12.0. The van der Waals surface area contributed by atoms with E-state index in [-0.39, 0.29) is 11.5 Å². The van der Waals surface area contributed by atoms with Crippen molar-refractivity contribution in [2.24, 2.45) is 12.2 Å². The summed E-state index contributed by atoms with van der Waals surface area (Å²) in [6.45, 7) is 3.20. The van der Waals surface area contributed by atoms with E-state index < -0.39 is 44.5 Å². The van der Waals surface area contributed by atoms with Gasteiger partial charge in [-0.05, 0) is 13.8 Å². The number of alkyl halides is 3. The van der Waals surface area contributed by atoms with Crippen molar-refractivity contribution in [2.75, 3.05) is 0 Å². The molecule has 0 spiro atoms. The van der Waals surface area contributed by atoms with Gasteiger partial charge in [0.15, 0.2) is 20.6 Å². The Balaban J connectivity index is 2.39. The molecule has 0 saturated carbocycles. The summed E-state index contributed by atoms with van der Waals surface area (Å²) < 4.78 is 63.6. The van der Waals surface area contributed by atoms with Crippen molar-refractivity contribution in [3.05, 3.63) is 11.3 Å². The lowest BCUT2D eigenvalue weighted by molar-refractivity contribution is -0.141. The summed E-state index contributed by atoms with van der Waals surface area (Å²) >= 11 is 0. The summed E-state index contributed by atoms with van der Waals surface area (Å²) in [4.78, 5) is 4.91. The van der Waals surface area contributed by atoms with Gasteiger partial charge in [-0.2, -0.15) is 18.3 Å². The van der Waals surface area contributed by atoms with E-state index in [1.54, 1.807) is 13.8 Å². The number of hydrogen-bond acceptors (Lipinski definition) is 6. The Hall–Kier alpha value is -1.78. The van der Waals surface area contributed by atoms with Gasteiger partial charge in [0.1, 0.15) is 5.60 Å². The molecule has 124 valence electrons. The van der Waals surface area contributed by atoms with Gasteiger partial charge < -0.3 is 9.94 Å². The Morgan fingerprint density at radius 1 is 1.41 bits per heavy atom. The minimum atomic E-state index is -4.88. The standard InChI is InChI=1S/C11H14F3N3O4S/c1-10(2)4-7(16-21-10)22(19,20)5-6-8(11(12,13)14)15-17(3)9(6)18/h18H,4-5H2,1-3H3. The highest BCUT2D eigenvalue weighted by molar-refractivity contribution is 8.05. The lowest BCUT2D eigenvalue weighted by Gasteiger charge is -2.13. The van der Waals surface area contributed by atoms with Crippen LogP contribution in [0.25, 0.3) is 0 Å². The first-order valence-electron chi connectivity index (χ1n) is 6.13. The molecule has 7 nitrogen and oxygen atoms in total. The van der Waals surface area contributed by atoms with Gasteiger partial charge in [0.05, 0.1) is 11.3 Å². The average molecular weight is 341 g/mol. The molecule has 1 aliphatic rings. The van der Waals surface area contributed by atoms with Crippen LogP contribution in [0, 0.1) is 0 Å². The summed E-state index contributed by atoms with van der Waals surface area (Å²) in [5, 5.41) is 15.9. The third kappa shape index (κ3) is 3.03. The van der Waals surface area contributed by atoms with Gasteiger partial charge in [0, 0.05) is 13.5 Å². The minimum Gasteiger partial charge on any atom is -0.493 e. The van der Waals surface area contributed by atoms with Crippen LogP contribution in [0.2, 0.25) is 0 Å². The number of oxime groups is 1. The summed E-state index contributed by atoms with van der Waals surface area (Å²) in [6.07, 6.45) is -4.94. The molecule has 22 heavy (non-hydrogen) atoms. The normalized spacial score (nSPS) is 18.2. The van der Waals surface area contributed by atoms with Crippen LogP contribution < -0.4 is 0 Å². The molecule has 0 fully saturated rings. The quantitative estimate of drug-likeness (QED) is 0.881. The molecule has 0 unspecified atom stereocenters. The molecule has 0 amide bonds. The number of aryl methyl sites for hydroxylation is 1. The molecule has 0 aromatic carbocycles. The average Bonchev–Trinajstić information content (AvgIpc) is 2.83. The first kappa shape index (κ1) is 16.6. The highest BCUT2D eigenvalue weighted by atomic mass is 32.2. The van der Waals surface area contributed by atoms with E-state index in [2.05, 4.69) is 10.3 Å². The van der Waals surface area contributed by atoms with E-state index in [1.807, 2.05) is 0 Å². The van der Waals surface area contributed by atoms with Gasteiger partial charge >= 0.3 is 6.18 Å². The molecule has 0 aliphatic carbocycles. The molecule has 1 aliphatic heterocycles. The van der Waals surface area contributed by atoms with Gasteiger partial charge in [-0.3, -0.25) is 0 Å². The van der Waals surface area contributed by atoms with E-state index in [0.717, 1.165) is 7.05 Å². The molecular weight excluding hydrogens is 327 g/mol. The fraction of sp³-hybridized carbons (Fsp3) is 0.636. The van der Waals surface area contributed by atoms with Gasteiger partial charge in [-0.25, -0.2) is 13.1 Å². The Kier molecular flexibility index (Phi) is 3.67. The smallest absolute Gasteiger partial charge is 0.435 e. The third-order valence-electron chi connectivity index (χ3n) is 3.05. The summed E-state index contributed by atoms with van der Waals surface area (Å²) in [5.74, 6) is -1.91. The van der Waals surface area contributed by atoms with Crippen molar-refractivity contribution < 1.29 is 31.5 Å². The van der Waals surface area contributed by atoms with Gasteiger partial charge in [-0.1, -0.05) is 5.16 Å². The maximum absolute atomic E-state index is 12.9. The number of halogens is 3. The monoisotopic (exact) mass is 341 g/mol. The molecule has 0 bridgehead atoms. The molecule has 0 radical (unpaired) electrons. The molecule has 0 saturated heterocycles. The largest absolute Gasteiger partial charge is 0.493 e. The predicted molar refractivity (Wildman–Crippen MR) is 69.7 cm³/mol. The number of hydrogen-bond donors (Lipinski definition) is 1. The van der Waals surface area contributed by atoms with Crippen LogP contribution in [-0.4, -0.2) is 33.9 Å². The number of aromatic hydroxyl groups is 1. The highest BCUT2D eigenvalue weighted by Gasteiger charge is 2.42. The second-order valence-corrected chi connectivity index (χ2v) is 7.53. The van der Waals surface area contributed by atoms with Crippen molar-refractivity contribution in [1.82, 2.24) is 9.78 Å². The van der Waals surface area contributed by atoms with Crippen molar-refractivity contribution in [3.63, 3.8) is 0 Å². The maximum atomic E-state index is 12.9. The van der Waals surface area contributed by atoms with Gasteiger partial charge in [0.2, 0.25) is 5.88 Å². The molecule has 1 N–H and O–H groups in total. The fourth-order valence-corrected chi connectivity index (χ4v) is 3.49. The fourth-order valence-electron chi connectivity index (χ4n) is 1.96. The minimum absolute atomic E-state index is 0.0578. The van der Waals surface area contributed by atoms with E-state index >= 15 is 0 Å². The Morgan fingerprint density at radius 2 is 2.00 bits per heavy atom. The molecule has 2 heterocycles. The molecular formula is C11H14F3N3O4S. The Morgan fingerprint density at radius 3 is 2.45 bits per heavy atom. The van der Waals surface area contributed by atoms with E-state index in [0.29, 0.717) is 4.68 Å². The maximum Gasteiger partial charge on any atom is 0.435 e. The SMILES string of the molecule is Cn1nc(C(F)(F)F)c(CS(=O)(=O)C2=NOC(C)(C)C2)c1O. The Labute approximate surface area is 124 Å². The second-order valence-electron chi connectivity index (χ2n) is 5.54. The van der Waals surface area contributed by atoms with Gasteiger partial charge in [-0.15, -0.1) is 0 Å². The lowest BCUT2D eigenvalue weighted by atomic mass is 10.1. The van der Waals surface area contributed by atoms with Crippen molar-refractivity contribution in [1.29, 1.82) is 0 Å². The second kappa shape index (κ2) is 4.86. The summed E-state index contributed by atoms with van der Waals surface area (Å²) in [5.41, 5.74) is -3.08. The van der Waals surface area contributed by atoms with Gasteiger partial charge in [0.25, 0.3) is 0 Å². The van der Waals surface area contributed by atoms with Crippen LogP contribution in [0.5, 0.6) is 5.88 Å². The number of nitrogens with zero attached hydrogens (tertiary/aromatic N) is 3. The van der Waals surface area contributed by atoms with E-state index in [4.69, 9.17) is 4.84 Å². The molecule has 0 atom stereocenters. The number of aromatic nitrogens is 2. The summed E-state index contributed by atoms with van der Waals surface area (Å²) in [6, 6.07) is 0. The third-order valence-corrected chi connectivity index (χ3v) is 4.65. The molecule has 2 rings (SSSR count). The molecule has 1 aromatic heterocycles. The van der Waals surface area contributed by atoms with Crippen LogP contribution in [-0.2, 0) is 33.7 Å². The van der Waals surface area contributed by atoms with Crippen LogP contribution in [0.1, 0.15) is 31.5 Å². The lowest BCUT2D eigenvalue weighted by Crippen LogP contribution is -2.24. The first-order valence-corrected chi connectivity index (χ1v) is 7.78. The topological polar surface area (TPSA) is 93.8 Å². The molecule has 1 aromatic rings. The highest BCUT2D eigenvalue weighted by Crippen LogP contribution is 2.36. The van der Waals surface area contributed by atoms with Crippen molar-refractivity contribution in [3.8, 4) is 5.88 Å². The van der Waals surface area contributed by atoms with Crippen LogP contribution in [0.15, 0.2) is 5.16 Å². The van der Waals surface area contributed by atoms with Crippen molar-refractivity contribution >= 4 is 14.9 Å². The predicted octanol–water partition coefficient (Wildman–Crippen LogP) is 1.57. The van der Waals surface area contributed by atoms with E-state index in [9.17, 15) is 26.7 Å². The van der Waals surface area contributed by atoms with Crippen molar-refractivity contribution in [2.45, 2.75) is 37.8 Å². The van der Waals surface area contributed by atoms with Crippen LogP contribution >= 0.6 is 0 Å². The van der Waals surface area contributed by atoms with Crippen LogP contribution in [0.3, 0.4) is 0 Å². The first-order chi connectivity index (χ1) is 9.83. The van der Waals surface area contributed by atoms with Crippen LogP contribution in [0.4, 0.5) is 13.2 Å².